The zero-order chi connectivity index (χ0) is 21.0. The molecule has 2 amide bonds. The summed E-state index contributed by atoms with van der Waals surface area (Å²) in [6.07, 6.45) is 4.68. The lowest BCUT2D eigenvalue weighted by atomic mass is 9.99. The number of piperazine rings is 1. The van der Waals surface area contributed by atoms with Gasteiger partial charge in [0.2, 0.25) is 0 Å². The Labute approximate surface area is 183 Å². The number of benzene rings is 1. The van der Waals surface area contributed by atoms with Crippen molar-refractivity contribution in [1.29, 1.82) is 0 Å². The van der Waals surface area contributed by atoms with Crippen LogP contribution in [0, 0.1) is 5.92 Å². The molecule has 1 aromatic carbocycles. The lowest BCUT2D eigenvalue weighted by Crippen LogP contribution is -2.46. The number of urea groups is 1. The Morgan fingerprint density at radius 3 is 1.97 bits per heavy atom. The smallest absolute Gasteiger partial charge is 0.314 e. The van der Waals surface area contributed by atoms with Crippen LogP contribution in [0.5, 0.6) is 0 Å². The van der Waals surface area contributed by atoms with Crippen molar-refractivity contribution in [3.8, 4) is 0 Å². The third kappa shape index (κ3) is 8.62. The lowest BCUT2D eigenvalue weighted by Gasteiger charge is -2.34. The van der Waals surface area contributed by atoms with E-state index in [1.54, 1.807) is 0 Å². The van der Waals surface area contributed by atoms with Crippen LogP contribution in [0.2, 0.25) is 0 Å². The Morgan fingerprint density at radius 2 is 1.37 bits per heavy atom. The summed E-state index contributed by atoms with van der Waals surface area (Å²) in [6.45, 7) is 14.0. The van der Waals surface area contributed by atoms with Crippen LogP contribution < -0.4 is 10.6 Å². The molecule has 2 saturated heterocycles. The van der Waals surface area contributed by atoms with E-state index in [2.05, 4.69) is 62.6 Å². The van der Waals surface area contributed by atoms with Crippen molar-refractivity contribution in [3.05, 3.63) is 35.9 Å². The molecule has 0 atom stereocenters. The van der Waals surface area contributed by atoms with Gasteiger partial charge in [-0.1, -0.05) is 37.3 Å². The third-order valence-electron chi connectivity index (χ3n) is 6.46. The van der Waals surface area contributed by atoms with E-state index in [1.165, 1.54) is 31.5 Å². The quantitative estimate of drug-likeness (QED) is 0.577. The molecule has 0 unspecified atom stereocenters. The molecule has 6 heteroatoms. The first kappa shape index (κ1) is 23.0. The summed E-state index contributed by atoms with van der Waals surface area (Å²) in [7, 11) is 0. The van der Waals surface area contributed by atoms with Crippen LogP contribution in [-0.4, -0.2) is 86.2 Å². The summed E-state index contributed by atoms with van der Waals surface area (Å²) in [5.41, 5.74) is 1.40. The molecule has 6 nitrogen and oxygen atoms in total. The monoisotopic (exact) mass is 415 g/mol. The minimum atomic E-state index is -0.0186. The van der Waals surface area contributed by atoms with Gasteiger partial charge < -0.3 is 20.4 Å². The molecule has 1 aromatic rings. The van der Waals surface area contributed by atoms with Gasteiger partial charge in [0, 0.05) is 45.8 Å². The zero-order valence-electron chi connectivity index (χ0n) is 18.8. The average molecular weight is 416 g/mol. The maximum atomic E-state index is 11.9. The molecule has 0 radical (unpaired) electrons. The Morgan fingerprint density at radius 1 is 0.833 bits per heavy atom. The van der Waals surface area contributed by atoms with Crippen LogP contribution in [0.3, 0.4) is 0 Å². The number of nitrogens with zero attached hydrogens (tertiary/aromatic N) is 3. The van der Waals surface area contributed by atoms with Gasteiger partial charge in [0.05, 0.1) is 0 Å². The topological polar surface area (TPSA) is 50.9 Å². The number of rotatable bonds is 10. The van der Waals surface area contributed by atoms with Crippen molar-refractivity contribution >= 4 is 6.03 Å². The van der Waals surface area contributed by atoms with Gasteiger partial charge in [-0.2, -0.15) is 0 Å². The summed E-state index contributed by atoms with van der Waals surface area (Å²) in [4.78, 5) is 19.5. The van der Waals surface area contributed by atoms with E-state index < -0.39 is 0 Å². The molecule has 2 aliphatic heterocycles. The van der Waals surface area contributed by atoms with Crippen molar-refractivity contribution in [2.45, 2.75) is 39.2 Å². The second-order valence-corrected chi connectivity index (χ2v) is 9.02. The molecule has 2 fully saturated rings. The maximum Gasteiger partial charge on any atom is 0.314 e. The van der Waals surface area contributed by atoms with Gasteiger partial charge in [-0.15, -0.1) is 0 Å². The van der Waals surface area contributed by atoms with Gasteiger partial charge in [0.1, 0.15) is 0 Å². The molecule has 3 rings (SSSR count). The van der Waals surface area contributed by atoms with Crippen LogP contribution >= 0.6 is 0 Å². The largest absolute Gasteiger partial charge is 0.338 e. The van der Waals surface area contributed by atoms with Gasteiger partial charge in [-0.05, 0) is 63.3 Å². The van der Waals surface area contributed by atoms with E-state index >= 15 is 0 Å². The molecule has 2 N–H and O–H groups in total. The standard InChI is InChI=1S/C24H41N5O/c1-22-9-15-27(16-10-22)13-5-11-25-24(30)26-12-6-14-28-17-19-29(20-18-28)21-23-7-3-2-4-8-23/h2-4,7-8,22H,5-6,9-21H2,1H3,(H2,25,26,30). The number of carbonyl (C=O) groups is 1. The fourth-order valence-corrected chi connectivity index (χ4v) is 4.37. The Kier molecular flexibility index (Phi) is 9.93. The number of hydrogen-bond donors (Lipinski definition) is 2. The first-order chi connectivity index (χ1) is 14.7. The first-order valence-electron chi connectivity index (χ1n) is 11.9. The highest BCUT2D eigenvalue weighted by molar-refractivity contribution is 5.73. The highest BCUT2D eigenvalue weighted by atomic mass is 16.2. The minimum Gasteiger partial charge on any atom is -0.338 e. The second-order valence-electron chi connectivity index (χ2n) is 9.02. The Bertz CT molecular complexity index is 595. The van der Waals surface area contributed by atoms with Gasteiger partial charge >= 0.3 is 6.03 Å². The Hall–Kier alpha value is -1.63. The number of piperidine rings is 1. The molecule has 2 aliphatic rings. The lowest BCUT2D eigenvalue weighted by molar-refractivity contribution is 0.126. The van der Waals surface area contributed by atoms with Crippen molar-refractivity contribution in [1.82, 2.24) is 25.3 Å². The van der Waals surface area contributed by atoms with E-state index in [0.29, 0.717) is 0 Å². The summed E-state index contributed by atoms with van der Waals surface area (Å²) < 4.78 is 0. The Balaban J connectivity index is 1.15. The highest BCUT2D eigenvalue weighted by Crippen LogP contribution is 2.15. The molecule has 0 spiro atoms. The van der Waals surface area contributed by atoms with E-state index in [1.807, 2.05) is 0 Å². The third-order valence-corrected chi connectivity index (χ3v) is 6.46. The number of hydrogen-bond acceptors (Lipinski definition) is 4. The zero-order valence-corrected chi connectivity index (χ0v) is 18.8. The SMILES string of the molecule is CC1CCN(CCCNC(=O)NCCCN2CCN(Cc3ccccc3)CC2)CC1. The van der Waals surface area contributed by atoms with E-state index in [4.69, 9.17) is 0 Å². The van der Waals surface area contributed by atoms with Crippen molar-refractivity contribution in [2.75, 3.05) is 65.4 Å². The maximum absolute atomic E-state index is 11.9. The molecule has 0 aromatic heterocycles. The van der Waals surface area contributed by atoms with Crippen LogP contribution in [-0.2, 0) is 6.54 Å². The number of amides is 2. The van der Waals surface area contributed by atoms with Crippen LogP contribution in [0.15, 0.2) is 30.3 Å². The van der Waals surface area contributed by atoms with Crippen LogP contribution in [0.25, 0.3) is 0 Å². The fourth-order valence-electron chi connectivity index (χ4n) is 4.37. The molecule has 2 heterocycles. The summed E-state index contributed by atoms with van der Waals surface area (Å²) >= 11 is 0. The minimum absolute atomic E-state index is 0.0186. The predicted molar refractivity (Wildman–Crippen MR) is 124 cm³/mol. The summed E-state index contributed by atoms with van der Waals surface area (Å²) in [5.74, 6) is 0.878. The second kappa shape index (κ2) is 12.9. The van der Waals surface area contributed by atoms with Gasteiger partial charge in [0.25, 0.3) is 0 Å². The fraction of sp³-hybridized carbons (Fsp3) is 0.708. The van der Waals surface area contributed by atoms with Crippen molar-refractivity contribution in [2.24, 2.45) is 5.92 Å². The molecular formula is C24H41N5O. The normalized spacial score (nSPS) is 19.6. The van der Waals surface area contributed by atoms with Crippen molar-refractivity contribution < 1.29 is 4.79 Å². The highest BCUT2D eigenvalue weighted by Gasteiger charge is 2.17. The van der Waals surface area contributed by atoms with Gasteiger partial charge in [-0.3, -0.25) is 4.90 Å². The summed E-state index contributed by atoms with van der Waals surface area (Å²) in [5, 5.41) is 6.01. The number of likely N-dealkylation sites (tertiary alicyclic amines) is 1. The molecule has 168 valence electrons. The first-order valence-corrected chi connectivity index (χ1v) is 11.9. The molecule has 30 heavy (non-hydrogen) atoms. The van der Waals surface area contributed by atoms with Crippen LogP contribution in [0.1, 0.15) is 38.2 Å². The molecular weight excluding hydrogens is 374 g/mol. The van der Waals surface area contributed by atoms with E-state index in [9.17, 15) is 4.79 Å². The van der Waals surface area contributed by atoms with E-state index in [-0.39, 0.29) is 6.03 Å². The van der Waals surface area contributed by atoms with Gasteiger partial charge in [0.15, 0.2) is 0 Å². The summed E-state index contributed by atoms with van der Waals surface area (Å²) in [6, 6.07) is 10.7. The molecule has 0 aliphatic carbocycles. The van der Waals surface area contributed by atoms with Crippen molar-refractivity contribution in [3.63, 3.8) is 0 Å². The molecule has 0 saturated carbocycles. The predicted octanol–water partition coefficient (Wildman–Crippen LogP) is 2.62. The van der Waals surface area contributed by atoms with E-state index in [0.717, 1.165) is 77.7 Å². The average Bonchev–Trinajstić information content (AvgIpc) is 2.77. The van der Waals surface area contributed by atoms with Gasteiger partial charge in [-0.25, -0.2) is 4.79 Å². The molecule has 0 bridgehead atoms. The number of carbonyl (C=O) groups excluding carboxylic acids is 1. The van der Waals surface area contributed by atoms with Crippen LogP contribution in [0.4, 0.5) is 4.79 Å². The number of nitrogens with one attached hydrogen (secondary N) is 2.